The normalized spacial score (nSPS) is 18.8. The van der Waals surface area contributed by atoms with Crippen molar-refractivity contribution in [2.45, 2.75) is 39.7 Å². The van der Waals surface area contributed by atoms with E-state index >= 15 is 0 Å². The Bertz CT molecular complexity index is 312. The van der Waals surface area contributed by atoms with Crippen molar-refractivity contribution < 1.29 is 0 Å². The molecule has 1 fully saturated rings. The monoisotopic (exact) mass is 207 g/mol. The van der Waals surface area contributed by atoms with Crippen LogP contribution in [0, 0.1) is 5.41 Å². The third kappa shape index (κ3) is 2.23. The summed E-state index contributed by atoms with van der Waals surface area (Å²) in [6.07, 6.45) is 8.02. The van der Waals surface area contributed by atoms with Crippen LogP contribution in [0.2, 0.25) is 0 Å². The maximum absolute atomic E-state index is 4.33. The van der Waals surface area contributed by atoms with Gasteiger partial charge in [0.1, 0.15) is 0 Å². The van der Waals surface area contributed by atoms with Crippen molar-refractivity contribution in [1.29, 1.82) is 0 Å². The molecule has 84 valence electrons. The van der Waals surface area contributed by atoms with Gasteiger partial charge in [0, 0.05) is 25.8 Å². The van der Waals surface area contributed by atoms with Gasteiger partial charge in [-0.3, -0.25) is 4.68 Å². The van der Waals surface area contributed by atoms with E-state index in [-0.39, 0.29) is 0 Å². The summed E-state index contributed by atoms with van der Waals surface area (Å²) in [6.45, 7) is 7.73. The molecular weight excluding hydrogens is 186 g/mol. The van der Waals surface area contributed by atoms with Gasteiger partial charge < -0.3 is 5.32 Å². The highest BCUT2D eigenvalue weighted by Gasteiger charge is 2.36. The summed E-state index contributed by atoms with van der Waals surface area (Å²) >= 11 is 0. The summed E-state index contributed by atoms with van der Waals surface area (Å²) in [5.74, 6) is 0. The molecule has 3 heteroatoms. The Labute approximate surface area is 91.9 Å². The zero-order chi connectivity index (χ0) is 10.7. The zero-order valence-electron chi connectivity index (χ0n) is 9.79. The molecule has 0 bridgehead atoms. The van der Waals surface area contributed by atoms with E-state index in [2.05, 4.69) is 30.5 Å². The standard InChI is InChI=1S/C12H21N3/c1-3-5-12(9-13-10-12)6-11-7-14-15(4-2)8-11/h7-8,13H,3-6,9-10H2,1-2H3. The lowest BCUT2D eigenvalue weighted by Gasteiger charge is -2.42. The van der Waals surface area contributed by atoms with Crippen LogP contribution in [0.5, 0.6) is 0 Å². The molecule has 0 aromatic carbocycles. The van der Waals surface area contributed by atoms with Crippen LogP contribution in [0.3, 0.4) is 0 Å². The van der Waals surface area contributed by atoms with E-state index in [0.29, 0.717) is 5.41 Å². The fraction of sp³-hybridized carbons (Fsp3) is 0.750. The fourth-order valence-corrected chi connectivity index (χ4v) is 2.50. The molecule has 0 radical (unpaired) electrons. The van der Waals surface area contributed by atoms with E-state index in [9.17, 15) is 0 Å². The highest BCUT2D eigenvalue weighted by atomic mass is 15.3. The second-order valence-electron chi connectivity index (χ2n) is 4.73. The van der Waals surface area contributed by atoms with Crippen LogP contribution in [0.15, 0.2) is 12.4 Å². The van der Waals surface area contributed by atoms with Gasteiger partial charge >= 0.3 is 0 Å². The van der Waals surface area contributed by atoms with E-state index in [0.717, 1.165) is 6.54 Å². The molecule has 1 N–H and O–H groups in total. The first-order valence-electron chi connectivity index (χ1n) is 6.00. The molecule has 0 spiro atoms. The number of aromatic nitrogens is 2. The number of rotatable bonds is 5. The van der Waals surface area contributed by atoms with Crippen LogP contribution < -0.4 is 5.32 Å². The lowest BCUT2D eigenvalue weighted by atomic mass is 9.73. The highest BCUT2D eigenvalue weighted by molar-refractivity contribution is 5.10. The third-order valence-corrected chi connectivity index (χ3v) is 3.37. The average molecular weight is 207 g/mol. The molecule has 0 unspecified atom stereocenters. The fourth-order valence-electron chi connectivity index (χ4n) is 2.50. The Kier molecular flexibility index (Phi) is 3.10. The van der Waals surface area contributed by atoms with Gasteiger partial charge in [-0.2, -0.15) is 5.10 Å². The van der Waals surface area contributed by atoms with Crippen molar-refractivity contribution in [3.63, 3.8) is 0 Å². The van der Waals surface area contributed by atoms with Crippen LogP contribution in [-0.2, 0) is 13.0 Å². The SMILES string of the molecule is CCCC1(Cc2cnn(CC)c2)CNC1. The average Bonchev–Trinajstić information content (AvgIpc) is 2.62. The topological polar surface area (TPSA) is 29.9 Å². The number of nitrogens with zero attached hydrogens (tertiary/aromatic N) is 2. The molecule has 0 aliphatic carbocycles. The van der Waals surface area contributed by atoms with Crippen molar-refractivity contribution in [3.8, 4) is 0 Å². The predicted molar refractivity (Wildman–Crippen MR) is 61.8 cm³/mol. The van der Waals surface area contributed by atoms with E-state index in [1.807, 2.05) is 10.9 Å². The lowest BCUT2D eigenvalue weighted by molar-refractivity contribution is 0.151. The van der Waals surface area contributed by atoms with Crippen molar-refractivity contribution in [1.82, 2.24) is 15.1 Å². The molecule has 2 rings (SSSR count). The Balaban J connectivity index is 1.99. The van der Waals surface area contributed by atoms with Gasteiger partial charge in [0.05, 0.1) is 6.20 Å². The van der Waals surface area contributed by atoms with Crippen LogP contribution >= 0.6 is 0 Å². The predicted octanol–water partition coefficient (Wildman–Crippen LogP) is 1.84. The molecule has 1 aliphatic heterocycles. The number of hydrogen-bond donors (Lipinski definition) is 1. The van der Waals surface area contributed by atoms with E-state index in [1.54, 1.807) is 0 Å². The molecule has 3 nitrogen and oxygen atoms in total. The second kappa shape index (κ2) is 4.35. The smallest absolute Gasteiger partial charge is 0.0521 e. The van der Waals surface area contributed by atoms with Gasteiger partial charge in [0.25, 0.3) is 0 Å². The summed E-state index contributed by atoms with van der Waals surface area (Å²) in [6, 6.07) is 0. The zero-order valence-corrected chi connectivity index (χ0v) is 9.79. The molecule has 0 saturated carbocycles. The first kappa shape index (κ1) is 10.7. The van der Waals surface area contributed by atoms with Crippen molar-refractivity contribution in [3.05, 3.63) is 18.0 Å². The van der Waals surface area contributed by atoms with Gasteiger partial charge in [0.15, 0.2) is 0 Å². The second-order valence-corrected chi connectivity index (χ2v) is 4.73. The molecule has 1 aromatic heterocycles. The minimum absolute atomic E-state index is 0.524. The van der Waals surface area contributed by atoms with Crippen molar-refractivity contribution in [2.24, 2.45) is 5.41 Å². The Morgan fingerprint density at radius 3 is 2.73 bits per heavy atom. The maximum atomic E-state index is 4.33. The largest absolute Gasteiger partial charge is 0.316 e. The maximum Gasteiger partial charge on any atom is 0.0521 e. The summed E-state index contributed by atoms with van der Waals surface area (Å²) in [4.78, 5) is 0. The number of aryl methyl sites for hydroxylation is 1. The summed E-state index contributed by atoms with van der Waals surface area (Å²) in [7, 11) is 0. The van der Waals surface area contributed by atoms with Gasteiger partial charge in [-0.1, -0.05) is 13.3 Å². The van der Waals surface area contributed by atoms with Gasteiger partial charge in [-0.25, -0.2) is 0 Å². The third-order valence-electron chi connectivity index (χ3n) is 3.37. The van der Waals surface area contributed by atoms with Gasteiger partial charge in [0.2, 0.25) is 0 Å². The van der Waals surface area contributed by atoms with Crippen molar-refractivity contribution >= 4 is 0 Å². The molecule has 0 amide bonds. The van der Waals surface area contributed by atoms with Crippen LogP contribution in [-0.4, -0.2) is 22.9 Å². The molecule has 1 aromatic rings. The number of nitrogens with one attached hydrogen (secondary N) is 1. The molecule has 1 aliphatic rings. The minimum atomic E-state index is 0.524. The lowest BCUT2D eigenvalue weighted by Crippen LogP contribution is -2.54. The van der Waals surface area contributed by atoms with E-state index in [4.69, 9.17) is 0 Å². The molecular formula is C12H21N3. The van der Waals surface area contributed by atoms with Crippen LogP contribution in [0.4, 0.5) is 0 Å². The summed E-state index contributed by atoms with van der Waals surface area (Å²) in [5.41, 5.74) is 1.92. The Morgan fingerprint density at radius 2 is 2.27 bits per heavy atom. The molecule has 15 heavy (non-hydrogen) atoms. The van der Waals surface area contributed by atoms with E-state index < -0.39 is 0 Å². The first-order chi connectivity index (χ1) is 7.28. The molecule has 1 saturated heterocycles. The van der Waals surface area contributed by atoms with Crippen molar-refractivity contribution in [2.75, 3.05) is 13.1 Å². The quantitative estimate of drug-likeness (QED) is 0.798. The Hall–Kier alpha value is -0.830. The molecule has 2 heterocycles. The first-order valence-corrected chi connectivity index (χ1v) is 6.00. The molecule has 0 atom stereocenters. The minimum Gasteiger partial charge on any atom is -0.316 e. The van der Waals surface area contributed by atoms with Gasteiger partial charge in [-0.05, 0) is 30.7 Å². The van der Waals surface area contributed by atoms with Crippen LogP contribution in [0.1, 0.15) is 32.3 Å². The van der Waals surface area contributed by atoms with E-state index in [1.165, 1.54) is 37.9 Å². The Morgan fingerprint density at radius 1 is 1.47 bits per heavy atom. The summed E-state index contributed by atoms with van der Waals surface area (Å²) < 4.78 is 2.01. The highest BCUT2D eigenvalue weighted by Crippen LogP contribution is 2.32. The van der Waals surface area contributed by atoms with Crippen LogP contribution in [0.25, 0.3) is 0 Å². The summed E-state index contributed by atoms with van der Waals surface area (Å²) in [5, 5.41) is 7.73. The number of hydrogen-bond acceptors (Lipinski definition) is 2. The van der Waals surface area contributed by atoms with Gasteiger partial charge in [-0.15, -0.1) is 0 Å².